The maximum absolute atomic E-state index is 5.05. The van der Waals surface area contributed by atoms with E-state index in [1.807, 2.05) is 6.92 Å². The Morgan fingerprint density at radius 2 is 2.05 bits per heavy atom. The van der Waals surface area contributed by atoms with Crippen LogP contribution < -0.4 is 5.32 Å². The van der Waals surface area contributed by atoms with Gasteiger partial charge in [0.1, 0.15) is 0 Å². The predicted molar refractivity (Wildman–Crippen MR) is 82.1 cm³/mol. The molecule has 0 atom stereocenters. The number of aryl methyl sites for hydroxylation is 3. The molecular weight excluding hydrogens is 250 g/mol. The molecule has 1 N–H and O–H groups in total. The van der Waals surface area contributed by atoms with E-state index in [2.05, 4.69) is 51.4 Å². The first-order valence-corrected chi connectivity index (χ1v) is 7.10. The fourth-order valence-corrected chi connectivity index (χ4v) is 2.22. The van der Waals surface area contributed by atoms with E-state index >= 15 is 0 Å². The van der Waals surface area contributed by atoms with Gasteiger partial charge in [0, 0.05) is 26.4 Å². The molecule has 0 unspecified atom stereocenters. The van der Waals surface area contributed by atoms with Crippen molar-refractivity contribution in [3.05, 3.63) is 47.8 Å². The molecule has 0 saturated carbocycles. The first-order chi connectivity index (χ1) is 9.79. The standard InChI is InChI=1S/C16H23N3O/c1-14-13-19(16(18-14)17-10-12-20-2)11-6-9-15-7-4-3-5-8-15/h3-5,7-8,13H,6,9-12H2,1-2H3,(H,17,18). The van der Waals surface area contributed by atoms with Crippen LogP contribution in [-0.2, 0) is 17.7 Å². The molecule has 0 aliphatic heterocycles. The summed E-state index contributed by atoms with van der Waals surface area (Å²) in [5.74, 6) is 0.938. The highest BCUT2D eigenvalue weighted by molar-refractivity contribution is 5.28. The van der Waals surface area contributed by atoms with Gasteiger partial charge >= 0.3 is 0 Å². The van der Waals surface area contributed by atoms with E-state index in [4.69, 9.17) is 4.74 Å². The van der Waals surface area contributed by atoms with Crippen LogP contribution >= 0.6 is 0 Å². The molecule has 0 spiro atoms. The Bertz CT molecular complexity index is 508. The van der Waals surface area contributed by atoms with Gasteiger partial charge in [-0.1, -0.05) is 30.3 Å². The quantitative estimate of drug-likeness (QED) is 0.752. The van der Waals surface area contributed by atoms with Gasteiger partial charge in [0.25, 0.3) is 0 Å². The second-order valence-electron chi connectivity index (χ2n) is 4.91. The van der Waals surface area contributed by atoms with E-state index in [1.54, 1.807) is 7.11 Å². The molecule has 2 aromatic rings. The van der Waals surface area contributed by atoms with Crippen molar-refractivity contribution < 1.29 is 4.74 Å². The Balaban J connectivity index is 1.85. The summed E-state index contributed by atoms with van der Waals surface area (Å²) in [6.07, 6.45) is 4.30. The summed E-state index contributed by atoms with van der Waals surface area (Å²) in [6, 6.07) is 10.6. The third-order valence-corrected chi connectivity index (χ3v) is 3.19. The number of hydrogen-bond acceptors (Lipinski definition) is 3. The summed E-state index contributed by atoms with van der Waals surface area (Å²) < 4.78 is 7.24. The monoisotopic (exact) mass is 273 g/mol. The average Bonchev–Trinajstić information content (AvgIpc) is 2.81. The van der Waals surface area contributed by atoms with E-state index in [1.165, 1.54) is 5.56 Å². The fourth-order valence-electron chi connectivity index (χ4n) is 2.22. The normalized spacial score (nSPS) is 10.7. The highest BCUT2D eigenvalue weighted by Crippen LogP contribution is 2.11. The summed E-state index contributed by atoms with van der Waals surface area (Å²) in [5.41, 5.74) is 2.43. The minimum absolute atomic E-state index is 0.690. The van der Waals surface area contributed by atoms with E-state index in [-0.39, 0.29) is 0 Å². The second kappa shape index (κ2) is 7.70. The Labute approximate surface area is 120 Å². The van der Waals surface area contributed by atoms with Crippen molar-refractivity contribution in [2.24, 2.45) is 0 Å². The van der Waals surface area contributed by atoms with Crippen LogP contribution in [0.5, 0.6) is 0 Å². The largest absolute Gasteiger partial charge is 0.383 e. The Morgan fingerprint density at radius 3 is 2.80 bits per heavy atom. The average molecular weight is 273 g/mol. The van der Waals surface area contributed by atoms with Crippen LogP contribution in [0.25, 0.3) is 0 Å². The van der Waals surface area contributed by atoms with Crippen LogP contribution in [0.2, 0.25) is 0 Å². The first-order valence-electron chi connectivity index (χ1n) is 7.10. The molecule has 4 nitrogen and oxygen atoms in total. The molecule has 20 heavy (non-hydrogen) atoms. The zero-order valence-electron chi connectivity index (χ0n) is 12.3. The molecule has 2 rings (SSSR count). The van der Waals surface area contributed by atoms with Crippen LogP contribution in [0, 0.1) is 6.92 Å². The van der Waals surface area contributed by atoms with E-state index in [9.17, 15) is 0 Å². The number of nitrogens with one attached hydrogen (secondary N) is 1. The number of rotatable bonds is 8. The zero-order valence-corrected chi connectivity index (χ0v) is 12.3. The molecule has 4 heteroatoms. The smallest absolute Gasteiger partial charge is 0.203 e. The summed E-state index contributed by atoms with van der Waals surface area (Å²) >= 11 is 0. The molecule has 0 radical (unpaired) electrons. The number of anilines is 1. The number of nitrogens with zero attached hydrogens (tertiary/aromatic N) is 2. The van der Waals surface area contributed by atoms with E-state index in [0.717, 1.165) is 37.6 Å². The van der Waals surface area contributed by atoms with Crippen LogP contribution in [-0.4, -0.2) is 29.8 Å². The lowest BCUT2D eigenvalue weighted by atomic mass is 10.1. The molecule has 0 bridgehead atoms. The zero-order chi connectivity index (χ0) is 14.2. The van der Waals surface area contributed by atoms with E-state index in [0.29, 0.717) is 6.61 Å². The summed E-state index contributed by atoms with van der Waals surface area (Å²) in [4.78, 5) is 4.50. The number of benzene rings is 1. The first kappa shape index (κ1) is 14.6. The number of ether oxygens (including phenoxy) is 1. The van der Waals surface area contributed by atoms with Crippen molar-refractivity contribution in [3.8, 4) is 0 Å². The topological polar surface area (TPSA) is 39.1 Å². The van der Waals surface area contributed by atoms with Gasteiger partial charge in [-0.25, -0.2) is 4.98 Å². The van der Waals surface area contributed by atoms with Gasteiger partial charge in [0.2, 0.25) is 5.95 Å². The third kappa shape index (κ3) is 4.38. The van der Waals surface area contributed by atoms with Gasteiger partial charge in [-0.3, -0.25) is 0 Å². The Morgan fingerprint density at radius 1 is 1.25 bits per heavy atom. The minimum atomic E-state index is 0.690. The van der Waals surface area contributed by atoms with Crippen LogP contribution in [0.3, 0.4) is 0 Å². The summed E-state index contributed by atoms with van der Waals surface area (Å²) in [7, 11) is 1.71. The number of aromatic nitrogens is 2. The molecule has 0 aliphatic carbocycles. The molecule has 1 heterocycles. The third-order valence-electron chi connectivity index (χ3n) is 3.19. The maximum atomic E-state index is 5.05. The molecular formula is C16H23N3O. The lowest BCUT2D eigenvalue weighted by molar-refractivity contribution is 0.210. The van der Waals surface area contributed by atoms with Crippen LogP contribution in [0.15, 0.2) is 36.5 Å². The fraction of sp³-hybridized carbons (Fsp3) is 0.438. The Kier molecular flexibility index (Phi) is 5.62. The van der Waals surface area contributed by atoms with Crippen LogP contribution in [0.4, 0.5) is 5.95 Å². The van der Waals surface area contributed by atoms with Gasteiger partial charge < -0.3 is 14.6 Å². The lowest BCUT2D eigenvalue weighted by Crippen LogP contribution is -2.12. The molecule has 0 fully saturated rings. The van der Waals surface area contributed by atoms with Gasteiger partial charge in [-0.05, 0) is 25.3 Å². The Hall–Kier alpha value is -1.81. The summed E-state index contributed by atoms with van der Waals surface area (Å²) in [6.45, 7) is 4.47. The van der Waals surface area contributed by atoms with Crippen molar-refractivity contribution in [2.75, 3.05) is 25.6 Å². The van der Waals surface area contributed by atoms with Crippen molar-refractivity contribution in [3.63, 3.8) is 0 Å². The number of imidazole rings is 1. The van der Waals surface area contributed by atoms with Crippen molar-refractivity contribution in [1.82, 2.24) is 9.55 Å². The highest BCUT2D eigenvalue weighted by Gasteiger charge is 2.04. The van der Waals surface area contributed by atoms with Gasteiger partial charge in [0.15, 0.2) is 0 Å². The summed E-state index contributed by atoms with van der Waals surface area (Å²) in [5, 5.41) is 3.31. The number of hydrogen-bond donors (Lipinski definition) is 1. The van der Waals surface area contributed by atoms with Crippen molar-refractivity contribution in [2.45, 2.75) is 26.3 Å². The van der Waals surface area contributed by atoms with Gasteiger partial charge in [0.05, 0.1) is 12.3 Å². The predicted octanol–water partition coefficient (Wildman–Crippen LogP) is 2.88. The molecule has 1 aromatic carbocycles. The minimum Gasteiger partial charge on any atom is -0.383 e. The maximum Gasteiger partial charge on any atom is 0.203 e. The lowest BCUT2D eigenvalue weighted by Gasteiger charge is -2.09. The van der Waals surface area contributed by atoms with Gasteiger partial charge in [-0.2, -0.15) is 0 Å². The highest BCUT2D eigenvalue weighted by atomic mass is 16.5. The van der Waals surface area contributed by atoms with Gasteiger partial charge in [-0.15, -0.1) is 0 Å². The molecule has 1 aromatic heterocycles. The molecule has 0 amide bonds. The van der Waals surface area contributed by atoms with Crippen molar-refractivity contribution >= 4 is 5.95 Å². The van der Waals surface area contributed by atoms with Crippen molar-refractivity contribution in [1.29, 1.82) is 0 Å². The molecule has 0 aliphatic rings. The second-order valence-corrected chi connectivity index (χ2v) is 4.91. The van der Waals surface area contributed by atoms with Crippen LogP contribution in [0.1, 0.15) is 17.7 Å². The SMILES string of the molecule is COCCNc1nc(C)cn1CCCc1ccccc1. The van der Waals surface area contributed by atoms with E-state index < -0.39 is 0 Å². The molecule has 108 valence electrons. The number of methoxy groups -OCH3 is 1. The molecule has 0 saturated heterocycles.